The van der Waals surface area contributed by atoms with E-state index < -0.39 is 15.8 Å². The molecule has 1 saturated carbocycles. The van der Waals surface area contributed by atoms with Gasteiger partial charge < -0.3 is 15.5 Å². The zero-order chi connectivity index (χ0) is 25.4. The second kappa shape index (κ2) is 9.82. The smallest absolute Gasteiger partial charge is 0.243 e. The first kappa shape index (κ1) is 24.7. The Kier molecular flexibility index (Phi) is 6.74. The number of fused-ring (bicyclic) bond motifs is 3. The van der Waals surface area contributed by atoms with Crippen molar-refractivity contribution in [2.24, 2.45) is 16.8 Å². The molecule has 3 aliphatic rings. The summed E-state index contributed by atoms with van der Waals surface area (Å²) < 4.78 is 41.2. The van der Waals surface area contributed by atoms with E-state index in [0.717, 1.165) is 30.0 Å². The number of rotatable bonds is 5. The molecule has 2 aliphatic carbocycles. The fourth-order valence-electron chi connectivity index (χ4n) is 5.70. The Bertz CT molecular complexity index is 1300. The van der Waals surface area contributed by atoms with Gasteiger partial charge in [0, 0.05) is 24.8 Å². The summed E-state index contributed by atoms with van der Waals surface area (Å²) in [6, 6.07) is 8.58. The Morgan fingerprint density at radius 1 is 1.06 bits per heavy atom. The minimum Gasteiger partial charge on any atom is -0.504 e. The number of amides is 1. The van der Waals surface area contributed by atoms with E-state index in [1.165, 1.54) is 18.2 Å². The van der Waals surface area contributed by atoms with Crippen LogP contribution in [0.25, 0.3) is 0 Å². The molecule has 2 atom stereocenters. The van der Waals surface area contributed by atoms with Crippen molar-refractivity contribution in [1.29, 1.82) is 0 Å². The summed E-state index contributed by atoms with van der Waals surface area (Å²) in [7, 11) is -3.92. The third-order valence-electron chi connectivity index (χ3n) is 7.72. The average Bonchev–Trinajstić information content (AvgIpc) is 3.27. The first-order valence-corrected chi connectivity index (χ1v) is 13.9. The van der Waals surface area contributed by atoms with E-state index in [9.17, 15) is 27.8 Å². The number of sulfonamides is 1. The van der Waals surface area contributed by atoms with Crippen molar-refractivity contribution in [3.8, 4) is 11.5 Å². The lowest BCUT2D eigenvalue weighted by atomic mass is 9.79. The number of hydrogen-bond acceptors (Lipinski definition) is 6. The molecule has 0 saturated heterocycles. The van der Waals surface area contributed by atoms with Crippen LogP contribution in [0.3, 0.4) is 0 Å². The molecule has 1 fully saturated rings. The molecular weight excluding hydrogens is 485 g/mol. The van der Waals surface area contributed by atoms with E-state index in [-0.39, 0.29) is 52.6 Å². The van der Waals surface area contributed by atoms with E-state index in [1.54, 1.807) is 12.1 Å². The van der Waals surface area contributed by atoms with Gasteiger partial charge in [0.25, 0.3) is 0 Å². The van der Waals surface area contributed by atoms with Crippen LogP contribution in [0.15, 0.2) is 46.3 Å². The van der Waals surface area contributed by atoms with Gasteiger partial charge in [0.15, 0.2) is 11.5 Å². The number of carbonyl (C=O) groups is 1. The highest BCUT2D eigenvalue weighted by Gasteiger charge is 2.37. The van der Waals surface area contributed by atoms with Crippen LogP contribution in [-0.2, 0) is 21.2 Å². The number of carbonyl (C=O) groups excluding carboxylic acids is 1. The van der Waals surface area contributed by atoms with E-state index in [4.69, 9.17) is 4.99 Å². The molecule has 2 aromatic carbocycles. The van der Waals surface area contributed by atoms with Crippen molar-refractivity contribution >= 4 is 21.8 Å². The molecule has 0 spiro atoms. The van der Waals surface area contributed by atoms with Crippen molar-refractivity contribution in [2.45, 2.75) is 61.8 Å². The molecular formula is C26H30FN3O5S. The summed E-state index contributed by atoms with van der Waals surface area (Å²) in [6.45, 7) is 0.211. The number of halogens is 1. The summed E-state index contributed by atoms with van der Waals surface area (Å²) in [5.41, 5.74) is 1.99. The molecule has 36 heavy (non-hydrogen) atoms. The van der Waals surface area contributed by atoms with Crippen molar-refractivity contribution in [1.82, 2.24) is 10.0 Å². The molecule has 0 aromatic heterocycles. The zero-order valence-electron chi connectivity index (χ0n) is 19.8. The minimum atomic E-state index is -3.92. The normalized spacial score (nSPS) is 25.5. The molecule has 8 nitrogen and oxygen atoms in total. The number of aromatic hydroxyl groups is 2. The molecule has 2 aromatic rings. The molecule has 192 valence electrons. The second-order valence-corrected chi connectivity index (χ2v) is 11.8. The van der Waals surface area contributed by atoms with Gasteiger partial charge in [-0.25, -0.2) is 17.5 Å². The molecule has 4 N–H and O–H groups in total. The molecule has 5 rings (SSSR count). The summed E-state index contributed by atoms with van der Waals surface area (Å²) in [6.07, 6.45) is 4.87. The van der Waals surface area contributed by atoms with Crippen LogP contribution in [0.2, 0.25) is 0 Å². The Balaban J connectivity index is 1.12. The first-order chi connectivity index (χ1) is 17.2. The molecule has 10 heteroatoms. The molecule has 2 unspecified atom stereocenters. The van der Waals surface area contributed by atoms with Crippen molar-refractivity contribution in [2.75, 3.05) is 6.54 Å². The fourth-order valence-corrected chi connectivity index (χ4v) is 6.89. The number of phenolic OH excluding ortho intramolecular Hbond substituents is 2. The van der Waals surface area contributed by atoms with Crippen molar-refractivity contribution < 1.29 is 27.8 Å². The summed E-state index contributed by atoms with van der Waals surface area (Å²) in [4.78, 5) is 17.3. The van der Waals surface area contributed by atoms with Crippen LogP contribution in [-0.4, -0.2) is 43.0 Å². The maximum Gasteiger partial charge on any atom is 0.243 e. The van der Waals surface area contributed by atoms with E-state index in [0.29, 0.717) is 37.9 Å². The lowest BCUT2D eigenvalue weighted by molar-refractivity contribution is -0.124. The number of nitrogens with one attached hydrogen (secondary N) is 2. The van der Waals surface area contributed by atoms with Crippen molar-refractivity contribution in [3.05, 3.63) is 53.3 Å². The number of amidine groups is 1. The van der Waals surface area contributed by atoms with Crippen LogP contribution in [0.1, 0.15) is 55.6 Å². The topological polar surface area (TPSA) is 128 Å². The average molecular weight is 516 g/mol. The second-order valence-electron chi connectivity index (χ2n) is 10.0. The number of nitrogens with zero attached hydrogens (tertiary/aromatic N) is 1. The van der Waals surface area contributed by atoms with Gasteiger partial charge in [-0.15, -0.1) is 0 Å². The van der Waals surface area contributed by atoms with Gasteiger partial charge in [0.1, 0.15) is 16.5 Å². The number of hydrogen-bond donors (Lipinski definition) is 4. The quantitative estimate of drug-likeness (QED) is 0.454. The lowest BCUT2D eigenvalue weighted by Gasteiger charge is -2.28. The lowest BCUT2D eigenvalue weighted by Crippen LogP contribution is -2.38. The van der Waals surface area contributed by atoms with Gasteiger partial charge >= 0.3 is 0 Å². The SMILES string of the molecule is O=C(NC1=NC2CCc3cc(O)c(O)cc3C2C1)C1CCC(CNS(=O)(=O)c2ccccc2F)CC1. The van der Waals surface area contributed by atoms with Gasteiger partial charge in [0.05, 0.1) is 6.04 Å². The van der Waals surface area contributed by atoms with Crippen LogP contribution >= 0.6 is 0 Å². The Labute approximate surface area is 209 Å². The third kappa shape index (κ3) is 4.97. The van der Waals surface area contributed by atoms with Crippen LogP contribution in [0, 0.1) is 17.7 Å². The standard InChI is InChI=1S/C26H30FN3O5S/c27-20-3-1-2-4-24(20)36(34,35)28-14-15-5-7-16(8-6-15)26(33)30-25-13-19-18-12-23(32)22(31)11-17(18)9-10-21(19)29-25/h1-4,11-12,15-16,19,21,28,31-32H,5-10,13-14H2,(H,29,30,33). The predicted molar refractivity (Wildman–Crippen MR) is 132 cm³/mol. The van der Waals surface area contributed by atoms with E-state index in [1.807, 2.05) is 0 Å². The van der Waals surface area contributed by atoms with Crippen molar-refractivity contribution in [3.63, 3.8) is 0 Å². The van der Waals surface area contributed by atoms with Crippen LogP contribution < -0.4 is 10.0 Å². The van der Waals surface area contributed by atoms with Crippen LogP contribution in [0.5, 0.6) is 11.5 Å². The van der Waals surface area contributed by atoms with Gasteiger partial charge in [-0.2, -0.15) is 0 Å². The molecule has 0 radical (unpaired) electrons. The molecule has 0 bridgehead atoms. The Morgan fingerprint density at radius 2 is 1.78 bits per heavy atom. The Hall–Kier alpha value is -2.98. The van der Waals surface area contributed by atoms with Gasteiger partial charge in [0.2, 0.25) is 15.9 Å². The maximum absolute atomic E-state index is 13.9. The summed E-state index contributed by atoms with van der Waals surface area (Å²) in [5.74, 6) is -0.435. The van der Waals surface area contributed by atoms with E-state index >= 15 is 0 Å². The highest BCUT2D eigenvalue weighted by Crippen LogP contribution is 2.43. The van der Waals surface area contributed by atoms with E-state index in [2.05, 4.69) is 10.0 Å². The van der Waals surface area contributed by atoms with Gasteiger partial charge in [-0.3, -0.25) is 9.79 Å². The molecule has 1 amide bonds. The van der Waals surface area contributed by atoms with Gasteiger partial charge in [-0.05, 0) is 79.8 Å². The first-order valence-electron chi connectivity index (χ1n) is 12.4. The number of aliphatic imine (C=N–C) groups is 1. The highest BCUT2D eigenvalue weighted by molar-refractivity contribution is 7.89. The maximum atomic E-state index is 13.9. The summed E-state index contributed by atoms with van der Waals surface area (Å²) in [5, 5.41) is 22.7. The number of phenols is 2. The minimum absolute atomic E-state index is 0.0509. The molecule has 1 aliphatic heterocycles. The van der Waals surface area contributed by atoms with Crippen LogP contribution in [0.4, 0.5) is 4.39 Å². The molecule has 1 heterocycles. The Morgan fingerprint density at radius 3 is 2.53 bits per heavy atom. The third-order valence-corrected chi connectivity index (χ3v) is 9.17. The predicted octanol–water partition coefficient (Wildman–Crippen LogP) is 3.34. The number of benzene rings is 2. The van der Waals surface area contributed by atoms with Gasteiger partial charge in [-0.1, -0.05) is 12.1 Å². The monoisotopic (exact) mass is 515 g/mol. The summed E-state index contributed by atoms with van der Waals surface area (Å²) >= 11 is 0. The highest BCUT2D eigenvalue weighted by atomic mass is 32.2. The fraction of sp³-hybridized carbons (Fsp3) is 0.462. The zero-order valence-corrected chi connectivity index (χ0v) is 20.6. The number of aryl methyl sites for hydroxylation is 1. The largest absolute Gasteiger partial charge is 0.504 e.